The summed E-state index contributed by atoms with van der Waals surface area (Å²) in [5.74, 6) is 0.508. The Kier molecular flexibility index (Phi) is 6.44. The van der Waals surface area contributed by atoms with E-state index in [-0.39, 0.29) is 10.8 Å². The number of nitrogens with zero attached hydrogens (tertiary/aromatic N) is 4. The molecule has 0 unspecified atom stereocenters. The lowest BCUT2D eigenvalue weighted by Crippen LogP contribution is -2.14. The highest BCUT2D eigenvalue weighted by molar-refractivity contribution is 7.92. The first kappa shape index (κ1) is 23.9. The Morgan fingerprint density at radius 3 is 2.42 bits per heavy atom. The van der Waals surface area contributed by atoms with Crippen LogP contribution < -0.4 is 9.46 Å². The van der Waals surface area contributed by atoms with Gasteiger partial charge in [-0.25, -0.2) is 33.1 Å². The second-order valence-electron chi connectivity index (χ2n) is 7.62. The number of ether oxygens (including phenoxy) is 1. The molecule has 0 spiro atoms. The molecule has 5 aromatic rings. The van der Waals surface area contributed by atoms with E-state index in [0.29, 0.717) is 38.0 Å². The van der Waals surface area contributed by atoms with E-state index in [1.54, 1.807) is 31.4 Å². The molecule has 36 heavy (non-hydrogen) atoms. The highest BCUT2D eigenvalue weighted by Crippen LogP contribution is 2.41. The zero-order valence-corrected chi connectivity index (χ0v) is 21.0. The standard InChI is InChI=1S/C25H17Cl2N5O3S/c1-35-23-13-19(15-4-2-5-16(26)10-15)21(27)12-20(23)24-18-7-6-17(11-22(18)30-14-31-24)36(33,34)32-25-28-8-3-9-29-25/h2-14H,1H3,(H,28,29,32). The van der Waals surface area contributed by atoms with Crippen LogP contribution in [-0.2, 0) is 10.0 Å². The van der Waals surface area contributed by atoms with Crippen LogP contribution in [0, 0.1) is 0 Å². The van der Waals surface area contributed by atoms with Gasteiger partial charge in [0.15, 0.2) is 0 Å². The molecule has 0 bridgehead atoms. The van der Waals surface area contributed by atoms with Gasteiger partial charge >= 0.3 is 0 Å². The minimum atomic E-state index is -3.93. The van der Waals surface area contributed by atoms with Crippen molar-refractivity contribution in [2.75, 3.05) is 11.8 Å². The summed E-state index contributed by atoms with van der Waals surface area (Å²) in [5.41, 5.74) is 3.19. The van der Waals surface area contributed by atoms with Gasteiger partial charge in [-0.15, -0.1) is 0 Å². The summed E-state index contributed by atoms with van der Waals surface area (Å²) >= 11 is 12.8. The van der Waals surface area contributed by atoms with Gasteiger partial charge in [0.05, 0.1) is 23.2 Å². The fourth-order valence-electron chi connectivity index (χ4n) is 3.73. The first-order chi connectivity index (χ1) is 17.4. The molecule has 8 nitrogen and oxygen atoms in total. The Bertz CT molecular complexity index is 1700. The van der Waals surface area contributed by atoms with E-state index in [4.69, 9.17) is 27.9 Å². The molecule has 0 amide bonds. The number of benzene rings is 3. The van der Waals surface area contributed by atoms with E-state index < -0.39 is 10.0 Å². The van der Waals surface area contributed by atoms with E-state index in [1.165, 1.54) is 30.9 Å². The number of methoxy groups -OCH3 is 1. The Hall–Kier alpha value is -3.79. The average molecular weight is 538 g/mol. The summed E-state index contributed by atoms with van der Waals surface area (Å²) in [6.45, 7) is 0. The van der Waals surface area contributed by atoms with E-state index in [9.17, 15) is 8.42 Å². The second-order valence-corrected chi connectivity index (χ2v) is 10.1. The van der Waals surface area contributed by atoms with Gasteiger partial charge in [0, 0.05) is 39.0 Å². The number of hydrogen-bond acceptors (Lipinski definition) is 7. The van der Waals surface area contributed by atoms with E-state index >= 15 is 0 Å². The normalized spacial score (nSPS) is 11.4. The van der Waals surface area contributed by atoms with E-state index in [0.717, 1.165) is 11.1 Å². The molecular weight excluding hydrogens is 521 g/mol. The minimum absolute atomic E-state index is 0.00778. The Morgan fingerprint density at radius 1 is 0.861 bits per heavy atom. The van der Waals surface area contributed by atoms with Crippen molar-refractivity contribution in [2.24, 2.45) is 0 Å². The zero-order chi connectivity index (χ0) is 25.3. The molecule has 0 saturated heterocycles. The van der Waals surface area contributed by atoms with Crippen molar-refractivity contribution in [3.05, 3.63) is 89.4 Å². The molecule has 2 heterocycles. The number of sulfonamides is 1. The highest BCUT2D eigenvalue weighted by Gasteiger charge is 2.20. The van der Waals surface area contributed by atoms with Crippen molar-refractivity contribution in [1.29, 1.82) is 0 Å². The lowest BCUT2D eigenvalue weighted by molar-refractivity contribution is 0.416. The number of halogens is 2. The van der Waals surface area contributed by atoms with Crippen LogP contribution in [0.4, 0.5) is 5.95 Å². The van der Waals surface area contributed by atoms with Crippen molar-refractivity contribution in [3.63, 3.8) is 0 Å². The summed E-state index contributed by atoms with van der Waals surface area (Å²) in [4.78, 5) is 16.5. The molecule has 0 aliphatic heterocycles. The largest absolute Gasteiger partial charge is 0.496 e. The lowest BCUT2D eigenvalue weighted by atomic mass is 9.99. The van der Waals surface area contributed by atoms with Crippen molar-refractivity contribution in [1.82, 2.24) is 19.9 Å². The molecule has 3 aromatic carbocycles. The van der Waals surface area contributed by atoms with Crippen molar-refractivity contribution >= 4 is 50.1 Å². The van der Waals surface area contributed by atoms with Gasteiger partial charge in [-0.05, 0) is 54.1 Å². The third-order valence-corrected chi connectivity index (χ3v) is 7.26. The molecule has 0 atom stereocenters. The molecule has 11 heteroatoms. The quantitative estimate of drug-likeness (QED) is 0.288. The van der Waals surface area contributed by atoms with Gasteiger partial charge in [-0.1, -0.05) is 35.3 Å². The molecule has 2 aromatic heterocycles. The van der Waals surface area contributed by atoms with E-state index in [2.05, 4.69) is 24.7 Å². The van der Waals surface area contributed by atoms with Gasteiger partial charge in [0.25, 0.3) is 10.0 Å². The zero-order valence-electron chi connectivity index (χ0n) is 18.7. The summed E-state index contributed by atoms with van der Waals surface area (Å²) in [7, 11) is -2.38. The van der Waals surface area contributed by atoms with Crippen LogP contribution in [0.15, 0.2) is 84.3 Å². The molecule has 1 N–H and O–H groups in total. The van der Waals surface area contributed by atoms with Gasteiger partial charge in [-0.2, -0.15) is 0 Å². The smallest absolute Gasteiger partial charge is 0.264 e. The maximum Gasteiger partial charge on any atom is 0.264 e. The van der Waals surface area contributed by atoms with Crippen LogP contribution in [0.5, 0.6) is 5.75 Å². The van der Waals surface area contributed by atoms with Gasteiger partial charge < -0.3 is 4.74 Å². The first-order valence-electron chi connectivity index (χ1n) is 10.5. The number of rotatable bonds is 6. The number of aromatic nitrogens is 4. The van der Waals surface area contributed by atoms with Crippen LogP contribution in [0.1, 0.15) is 0 Å². The highest BCUT2D eigenvalue weighted by atomic mass is 35.5. The second kappa shape index (κ2) is 9.69. The first-order valence-corrected chi connectivity index (χ1v) is 12.8. The number of anilines is 1. The van der Waals surface area contributed by atoms with Crippen LogP contribution in [0.2, 0.25) is 10.0 Å². The summed E-state index contributed by atoms with van der Waals surface area (Å²) in [6.07, 6.45) is 4.25. The minimum Gasteiger partial charge on any atom is -0.496 e. The van der Waals surface area contributed by atoms with Crippen molar-refractivity contribution in [2.45, 2.75) is 4.90 Å². The van der Waals surface area contributed by atoms with Gasteiger partial charge in [0.2, 0.25) is 5.95 Å². The van der Waals surface area contributed by atoms with Crippen LogP contribution in [-0.4, -0.2) is 35.5 Å². The van der Waals surface area contributed by atoms with Crippen LogP contribution in [0.3, 0.4) is 0 Å². The maximum atomic E-state index is 12.9. The summed E-state index contributed by atoms with van der Waals surface area (Å²) in [5, 5.41) is 1.69. The topological polar surface area (TPSA) is 107 Å². The number of hydrogen-bond donors (Lipinski definition) is 1. The van der Waals surface area contributed by atoms with Crippen molar-refractivity contribution < 1.29 is 13.2 Å². The van der Waals surface area contributed by atoms with E-state index in [1.807, 2.05) is 24.3 Å². The predicted octanol–water partition coefficient (Wildman–Crippen LogP) is 5.87. The molecule has 0 aliphatic carbocycles. The number of fused-ring (bicyclic) bond motifs is 1. The Morgan fingerprint density at radius 2 is 1.67 bits per heavy atom. The molecule has 5 rings (SSSR count). The van der Waals surface area contributed by atoms with Crippen molar-refractivity contribution in [3.8, 4) is 28.1 Å². The number of nitrogens with one attached hydrogen (secondary N) is 1. The van der Waals surface area contributed by atoms with Gasteiger partial charge in [0.1, 0.15) is 12.1 Å². The summed E-state index contributed by atoms with van der Waals surface area (Å²) < 4.78 is 33.7. The third kappa shape index (κ3) is 4.68. The maximum absolute atomic E-state index is 12.9. The SMILES string of the molecule is COc1cc(-c2cccc(Cl)c2)c(Cl)cc1-c1ncnc2cc(S(=O)(=O)Nc3ncccn3)ccc12. The predicted molar refractivity (Wildman–Crippen MR) is 140 cm³/mol. The Labute approximate surface area is 217 Å². The monoisotopic (exact) mass is 537 g/mol. The Balaban J connectivity index is 1.59. The fraction of sp³-hybridized carbons (Fsp3) is 0.0400. The summed E-state index contributed by atoms with van der Waals surface area (Å²) in [6, 6.07) is 17.1. The lowest BCUT2D eigenvalue weighted by Gasteiger charge is -2.14. The third-order valence-electron chi connectivity index (χ3n) is 5.39. The molecule has 180 valence electrons. The fourth-order valence-corrected chi connectivity index (χ4v) is 5.17. The molecule has 0 saturated carbocycles. The molecule has 0 fully saturated rings. The van der Waals surface area contributed by atoms with Crippen LogP contribution in [0.25, 0.3) is 33.3 Å². The molecule has 0 aliphatic rings. The molecule has 0 radical (unpaired) electrons. The average Bonchev–Trinajstić information content (AvgIpc) is 2.88. The molecular formula is C25H17Cl2N5O3S. The van der Waals surface area contributed by atoms with Crippen LogP contribution >= 0.6 is 23.2 Å². The van der Waals surface area contributed by atoms with Gasteiger partial charge in [-0.3, -0.25) is 0 Å².